The standard InChI is InChI=1S/C9H14N2/c10-8-11-7-6-9-4-2-1-3-5-9/h1-5,11H,6-8,10H2. The van der Waals surface area contributed by atoms with Gasteiger partial charge in [0.1, 0.15) is 0 Å². The molecule has 0 saturated carbocycles. The van der Waals surface area contributed by atoms with E-state index in [1.165, 1.54) is 5.56 Å². The molecule has 0 bridgehead atoms. The van der Waals surface area contributed by atoms with Crippen LogP contribution in [0.5, 0.6) is 0 Å². The van der Waals surface area contributed by atoms with E-state index in [1.807, 2.05) is 6.07 Å². The number of nitrogens with two attached hydrogens (primary N) is 1. The fourth-order valence-corrected chi connectivity index (χ4v) is 0.979. The molecule has 2 heteroatoms. The fraction of sp³-hybridized carbons (Fsp3) is 0.333. The van der Waals surface area contributed by atoms with Crippen LogP contribution < -0.4 is 11.1 Å². The van der Waals surface area contributed by atoms with E-state index in [0.717, 1.165) is 13.0 Å². The zero-order valence-electron chi connectivity index (χ0n) is 6.59. The first-order valence-electron chi connectivity index (χ1n) is 3.88. The van der Waals surface area contributed by atoms with Crippen LogP contribution in [0.15, 0.2) is 30.3 Å². The molecule has 1 aromatic rings. The summed E-state index contributed by atoms with van der Waals surface area (Å²) < 4.78 is 0. The summed E-state index contributed by atoms with van der Waals surface area (Å²) in [6.45, 7) is 1.52. The van der Waals surface area contributed by atoms with Crippen LogP contribution in [0, 0.1) is 0 Å². The largest absolute Gasteiger partial charge is 0.318 e. The topological polar surface area (TPSA) is 38.0 Å². The number of benzene rings is 1. The summed E-state index contributed by atoms with van der Waals surface area (Å²) in [5.74, 6) is 0. The molecule has 0 aliphatic carbocycles. The third-order valence-electron chi connectivity index (χ3n) is 1.58. The second kappa shape index (κ2) is 4.88. The first-order chi connectivity index (χ1) is 5.43. The molecular formula is C9H14N2. The summed E-state index contributed by atoms with van der Waals surface area (Å²) in [5.41, 5.74) is 6.64. The Labute approximate surface area is 67.4 Å². The van der Waals surface area contributed by atoms with Gasteiger partial charge in [0.2, 0.25) is 0 Å². The molecule has 0 atom stereocenters. The molecule has 1 rings (SSSR count). The third-order valence-corrected chi connectivity index (χ3v) is 1.58. The van der Waals surface area contributed by atoms with Gasteiger partial charge in [-0.15, -0.1) is 0 Å². The highest BCUT2D eigenvalue weighted by molar-refractivity contribution is 5.14. The van der Waals surface area contributed by atoms with E-state index in [0.29, 0.717) is 6.67 Å². The van der Waals surface area contributed by atoms with Gasteiger partial charge in [-0.3, -0.25) is 0 Å². The minimum absolute atomic E-state index is 0.562. The zero-order valence-corrected chi connectivity index (χ0v) is 6.59. The van der Waals surface area contributed by atoms with Crippen LogP contribution in [0.2, 0.25) is 0 Å². The summed E-state index contributed by atoms with van der Waals surface area (Å²) in [4.78, 5) is 0. The molecule has 0 aromatic heterocycles. The van der Waals surface area contributed by atoms with Gasteiger partial charge in [0.05, 0.1) is 0 Å². The lowest BCUT2D eigenvalue weighted by molar-refractivity contribution is 0.701. The van der Waals surface area contributed by atoms with Crippen LogP contribution in [0.1, 0.15) is 5.56 Å². The van der Waals surface area contributed by atoms with Gasteiger partial charge in [-0.1, -0.05) is 30.3 Å². The van der Waals surface area contributed by atoms with Crippen molar-refractivity contribution in [3.05, 3.63) is 35.9 Å². The summed E-state index contributed by atoms with van der Waals surface area (Å²) in [6, 6.07) is 10.4. The van der Waals surface area contributed by atoms with Gasteiger partial charge >= 0.3 is 0 Å². The van der Waals surface area contributed by atoms with E-state index in [9.17, 15) is 0 Å². The molecule has 0 fully saturated rings. The van der Waals surface area contributed by atoms with Crippen molar-refractivity contribution in [2.45, 2.75) is 6.42 Å². The van der Waals surface area contributed by atoms with Crippen molar-refractivity contribution in [3.63, 3.8) is 0 Å². The second-order valence-electron chi connectivity index (χ2n) is 2.44. The minimum Gasteiger partial charge on any atom is -0.318 e. The van der Waals surface area contributed by atoms with Crippen molar-refractivity contribution in [1.29, 1.82) is 0 Å². The molecular weight excluding hydrogens is 136 g/mol. The van der Waals surface area contributed by atoms with Gasteiger partial charge in [-0.25, -0.2) is 0 Å². The van der Waals surface area contributed by atoms with Crippen LogP contribution in [-0.4, -0.2) is 13.2 Å². The van der Waals surface area contributed by atoms with Crippen molar-refractivity contribution in [2.24, 2.45) is 5.73 Å². The second-order valence-corrected chi connectivity index (χ2v) is 2.44. The molecule has 1 aromatic carbocycles. The Morgan fingerprint density at radius 2 is 1.91 bits per heavy atom. The lowest BCUT2D eigenvalue weighted by Gasteiger charge is -2.00. The van der Waals surface area contributed by atoms with E-state index in [2.05, 4.69) is 29.6 Å². The van der Waals surface area contributed by atoms with Crippen LogP contribution in [0.3, 0.4) is 0 Å². The predicted octanol–water partition coefficient (Wildman–Crippen LogP) is 0.735. The van der Waals surface area contributed by atoms with E-state index in [4.69, 9.17) is 5.73 Å². The van der Waals surface area contributed by atoms with Crippen molar-refractivity contribution in [3.8, 4) is 0 Å². The van der Waals surface area contributed by atoms with Crippen LogP contribution in [0.4, 0.5) is 0 Å². The molecule has 60 valence electrons. The van der Waals surface area contributed by atoms with Gasteiger partial charge in [0.15, 0.2) is 0 Å². The third kappa shape index (κ3) is 3.16. The molecule has 2 nitrogen and oxygen atoms in total. The summed E-state index contributed by atoms with van der Waals surface area (Å²) in [7, 11) is 0. The highest BCUT2D eigenvalue weighted by atomic mass is 14.9. The van der Waals surface area contributed by atoms with Crippen LogP contribution >= 0.6 is 0 Å². The number of hydrogen-bond donors (Lipinski definition) is 2. The first-order valence-corrected chi connectivity index (χ1v) is 3.88. The zero-order chi connectivity index (χ0) is 7.94. The lowest BCUT2D eigenvalue weighted by atomic mass is 10.1. The Bertz CT molecular complexity index is 184. The van der Waals surface area contributed by atoms with Gasteiger partial charge in [0.25, 0.3) is 0 Å². The maximum atomic E-state index is 5.28. The predicted molar refractivity (Wildman–Crippen MR) is 47.2 cm³/mol. The van der Waals surface area contributed by atoms with Crippen molar-refractivity contribution in [2.75, 3.05) is 13.2 Å². The minimum atomic E-state index is 0.562. The van der Waals surface area contributed by atoms with Gasteiger partial charge < -0.3 is 11.1 Å². The Kier molecular flexibility index (Phi) is 3.65. The fourth-order valence-electron chi connectivity index (χ4n) is 0.979. The van der Waals surface area contributed by atoms with Crippen LogP contribution in [0.25, 0.3) is 0 Å². The maximum absolute atomic E-state index is 5.28. The number of hydrogen-bond acceptors (Lipinski definition) is 2. The molecule has 0 aliphatic heterocycles. The quantitative estimate of drug-likeness (QED) is 0.490. The van der Waals surface area contributed by atoms with Crippen molar-refractivity contribution < 1.29 is 0 Å². The Morgan fingerprint density at radius 3 is 2.55 bits per heavy atom. The highest BCUT2D eigenvalue weighted by Crippen LogP contribution is 1.97. The SMILES string of the molecule is NCNCCc1ccccc1. The lowest BCUT2D eigenvalue weighted by Crippen LogP contribution is -2.24. The summed E-state index contributed by atoms with van der Waals surface area (Å²) >= 11 is 0. The first kappa shape index (κ1) is 8.24. The normalized spacial score (nSPS) is 9.91. The van der Waals surface area contributed by atoms with Crippen molar-refractivity contribution >= 4 is 0 Å². The van der Waals surface area contributed by atoms with Gasteiger partial charge in [-0.2, -0.15) is 0 Å². The Hall–Kier alpha value is -0.860. The Morgan fingerprint density at radius 1 is 1.18 bits per heavy atom. The maximum Gasteiger partial charge on any atom is 0.0428 e. The average Bonchev–Trinajstić information content (AvgIpc) is 2.07. The summed E-state index contributed by atoms with van der Waals surface area (Å²) in [6.07, 6.45) is 1.05. The molecule has 0 radical (unpaired) electrons. The van der Waals surface area contributed by atoms with Crippen molar-refractivity contribution in [1.82, 2.24) is 5.32 Å². The number of rotatable bonds is 4. The molecule has 3 N–H and O–H groups in total. The molecule has 0 heterocycles. The molecule has 0 unspecified atom stereocenters. The van der Waals surface area contributed by atoms with E-state index in [1.54, 1.807) is 0 Å². The monoisotopic (exact) mass is 150 g/mol. The van der Waals surface area contributed by atoms with E-state index >= 15 is 0 Å². The molecule has 0 amide bonds. The van der Waals surface area contributed by atoms with Gasteiger partial charge in [0, 0.05) is 13.2 Å². The van der Waals surface area contributed by atoms with Gasteiger partial charge in [-0.05, 0) is 12.0 Å². The smallest absolute Gasteiger partial charge is 0.0428 e. The number of nitrogens with one attached hydrogen (secondary N) is 1. The molecule has 0 aliphatic rings. The van der Waals surface area contributed by atoms with E-state index in [-0.39, 0.29) is 0 Å². The van der Waals surface area contributed by atoms with Crippen LogP contribution in [-0.2, 0) is 6.42 Å². The Balaban J connectivity index is 2.28. The molecule has 0 spiro atoms. The molecule has 0 saturated heterocycles. The molecule has 11 heavy (non-hydrogen) atoms. The highest BCUT2D eigenvalue weighted by Gasteiger charge is 1.88. The average molecular weight is 150 g/mol. The summed E-state index contributed by atoms with van der Waals surface area (Å²) in [5, 5.41) is 3.07. The van der Waals surface area contributed by atoms with E-state index < -0.39 is 0 Å².